The molecule has 0 heterocycles. The van der Waals surface area contributed by atoms with Crippen LogP contribution in [0.5, 0.6) is 0 Å². The standard InChI is InChI=1S/C19H17N3O2/c1-14(23)22-18-9-7-15(8-10-18)11-17(12-20)19(24)21-13-16-5-3-2-4-6-16/h2-11H,13H2,1H3,(H,21,24)(H,22,23)/b17-11-. The Kier molecular flexibility index (Phi) is 5.87. The molecule has 5 heteroatoms. The van der Waals surface area contributed by atoms with Crippen molar-refractivity contribution in [1.29, 1.82) is 5.26 Å². The summed E-state index contributed by atoms with van der Waals surface area (Å²) in [7, 11) is 0. The molecule has 120 valence electrons. The molecule has 0 radical (unpaired) electrons. The summed E-state index contributed by atoms with van der Waals surface area (Å²) in [6, 6.07) is 18.3. The molecule has 0 aliphatic carbocycles. The van der Waals surface area contributed by atoms with Gasteiger partial charge in [0.1, 0.15) is 11.6 Å². The predicted octanol–water partition coefficient (Wildman–Crippen LogP) is 2.87. The number of carbonyl (C=O) groups is 2. The lowest BCUT2D eigenvalue weighted by molar-refractivity contribution is -0.117. The molecule has 0 bridgehead atoms. The van der Waals surface area contributed by atoms with Crippen LogP contribution in [-0.2, 0) is 16.1 Å². The lowest BCUT2D eigenvalue weighted by Crippen LogP contribution is -2.23. The Labute approximate surface area is 140 Å². The summed E-state index contributed by atoms with van der Waals surface area (Å²) >= 11 is 0. The molecule has 5 nitrogen and oxygen atoms in total. The van der Waals surface area contributed by atoms with Gasteiger partial charge in [0.25, 0.3) is 5.91 Å². The number of benzene rings is 2. The molecular formula is C19H17N3O2. The predicted molar refractivity (Wildman–Crippen MR) is 92.6 cm³/mol. The van der Waals surface area contributed by atoms with Gasteiger partial charge in [-0.2, -0.15) is 5.26 Å². The fourth-order valence-corrected chi connectivity index (χ4v) is 2.05. The fourth-order valence-electron chi connectivity index (χ4n) is 2.05. The molecule has 2 aromatic carbocycles. The number of carbonyl (C=O) groups excluding carboxylic acids is 2. The maximum atomic E-state index is 12.1. The van der Waals surface area contributed by atoms with Crippen LogP contribution < -0.4 is 10.6 Å². The number of nitriles is 1. The summed E-state index contributed by atoms with van der Waals surface area (Å²) in [4.78, 5) is 23.1. The highest BCUT2D eigenvalue weighted by molar-refractivity contribution is 6.01. The molecule has 0 fully saturated rings. The highest BCUT2D eigenvalue weighted by atomic mass is 16.2. The van der Waals surface area contributed by atoms with Gasteiger partial charge in [0.15, 0.2) is 0 Å². The number of anilines is 1. The highest BCUT2D eigenvalue weighted by Gasteiger charge is 2.08. The van der Waals surface area contributed by atoms with E-state index in [0.29, 0.717) is 17.8 Å². The SMILES string of the molecule is CC(=O)Nc1ccc(/C=C(/C#N)C(=O)NCc2ccccc2)cc1. The van der Waals surface area contributed by atoms with Crippen molar-refractivity contribution in [2.24, 2.45) is 0 Å². The molecule has 0 saturated carbocycles. The number of rotatable bonds is 5. The number of nitrogens with zero attached hydrogens (tertiary/aromatic N) is 1. The normalized spacial score (nSPS) is 10.6. The zero-order valence-electron chi connectivity index (χ0n) is 13.2. The zero-order valence-corrected chi connectivity index (χ0v) is 13.2. The molecule has 0 saturated heterocycles. The van der Waals surface area contributed by atoms with Crippen molar-refractivity contribution < 1.29 is 9.59 Å². The van der Waals surface area contributed by atoms with Crippen molar-refractivity contribution in [1.82, 2.24) is 5.32 Å². The third-order valence-electron chi connectivity index (χ3n) is 3.20. The molecule has 0 spiro atoms. The third kappa shape index (κ3) is 5.11. The maximum Gasteiger partial charge on any atom is 0.262 e. The average molecular weight is 319 g/mol. The van der Waals surface area contributed by atoms with E-state index in [1.165, 1.54) is 13.0 Å². The van der Waals surface area contributed by atoms with Gasteiger partial charge >= 0.3 is 0 Å². The Morgan fingerprint density at radius 3 is 2.33 bits per heavy atom. The Hall–Kier alpha value is -3.39. The Bertz CT molecular complexity index is 788. The van der Waals surface area contributed by atoms with E-state index in [4.69, 9.17) is 0 Å². The molecule has 2 aromatic rings. The summed E-state index contributed by atoms with van der Waals surface area (Å²) in [5.74, 6) is -0.580. The summed E-state index contributed by atoms with van der Waals surface area (Å²) in [6.07, 6.45) is 1.51. The van der Waals surface area contributed by atoms with Crippen LogP contribution >= 0.6 is 0 Å². The van der Waals surface area contributed by atoms with Crippen LogP contribution in [0.2, 0.25) is 0 Å². The summed E-state index contributed by atoms with van der Waals surface area (Å²) in [5, 5.41) is 14.6. The minimum absolute atomic E-state index is 0.0261. The molecule has 0 aliphatic rings. The molecule has 0 aliphatic heterocycles. The monoisotopic (exact) mass is 319 g/mol. The van der Waals surface area contributed by atoms with Crippen LogP contribution in [0, 0.1) is 11.3 Å². The Balaban J connectivity index is 2.04. The third-order valence-corrected chi connectivity index (χ3v) is 3.20. The first kappa shape index (κ1) is 17.0. The van der Waals surface area contributed by atoms with E-state index in [1.54, 1.807) is 24.3 Å². The van der Waals surface area contributed by atoms with Gasteiger partial charge in [0, 0.05) is 19.2 Å². The summed E-state index contributed by atoms with van der Waals surface area (Å²) < 4.78 is 0. The van der Waals surface area contributed by atoms with Crippen molar-refractivity contribution >= 4 is 23.6 Å². The van der Waals surface area contributed by atoms with Gasteiger partial charge in [-0.3, -0.25) is 9.59 Å². The smallest absolute Gasteiger partial charge is 0.262 e. The van der Waals surface area contributed by atoms with Crippen molar-refractivity contribution in [3.8, 4) is 6.07 Å². The largest absolute Gasteiger partial charge is 0.347 e. The average Bonchev–Trinajstić information content (AvgIpc) is 2.59. The Morgan fingerprint density at radius 1 is 1.08 bits per heavy atom. The van der Waals surface area contributed by atoms with E-state index in [2.05, 4.69) is 10.6 Å². The van der Waals surface area contributed by atoms with E-state index in [9.17, 15) is 14.9 Å². The molecule has 2 rings (SSSR count). The van der Waals surface area contributed by atoms with Gasteiger partial charge in [-0.1, -0.05) is 42.5 Å². The summed E-state index contributed by atoms with van der Waals surface area (Å²) in [5.41, 5.74) is 2.35. The lowest BCUT2D eigenvalue weighted by Gasteiger charge is -2.05. The van der Waals surface area contributed by atoms with E-state index in [0.717, 1.165) is 5.56 Å². The molecule has 0 unspecified atom stereocenters. The molecular weight excluding hydrogens is 302 g/mol. The van der Waals surface area contributed by atoms with E-state index >= 15 is 0 Å². The molecule has 2 amide bonds. The summed E-state index contributed by atoms with van der Waals surface area (Å²) in [6.45, 7) is 1.79. The topological polar surface area (TPSA) is 82.0 Å². The van der Waals surface area contributed by atoms with E-state index < -0.39 is 5.91 Å². The molecule has 24 heavy (non-hydrogen) atoms. The maximum absolute atomic E-state index is 12.1. The fraction of sp³-hybridized carbons (Fsp3) is 0.105. The van der Waals surface area contributed by atoms with Crippen LogP contribution in [0.1, 0.15) is 18.1 Å². The first-order valence-corrected chi connectivity index (χ1v) is 7.40. The van der Waals surface area contributed by atoms with Crippen LogP contribution in [0.4, 0.5) is 5.69 Å². The van der Waals surface area contributed by atoms with Gasteiger partial charge < -0.3 is 10.6 Å². The zero-order chi connectivity index (χ0) is 17.4. The lowest BCUT2D eigenvalue weighted by atomic mass is 10.1. The first-order valence-electron chi connectivity index (χ1n) is 7.40. The number of hydrogen-bond donors (Lipinski definition) is 2. The van der Waals surface area contributed by atoms with Crippen LogP contribution in [0.15, 0.2) is 60.2 Å². The van der Waals surface area contributed by atoms with Gasteiger partial charge in [-0.05, 0) is 29.3 Å². The quantitative estimate of drug-likeness (QED) is 0.657. The van der Waals surface area contributed by atoms with E-state index in [1.807, 2.05) is 36.4 Å². The second-order valence-electron chi connectivity index (χ2n) is 5.14. The number of amides is 2. The van der Waals surface area contributed by atoms with Gasteiger partial charge in [-0.15, -0.1) is 0 Å². The van der Waals surface area contributed by atoms with Gasteiger partial charge in [0.05, 0.1) is 0 Å². The Morgan fingerprint density at radius 2 is 1.75 bits per heavy atom. The second-order valence-corrected chi connectivity index (χ2v) is 5.14. The number of nitrogens with one attached hydrogen (secondary N) is 2. The van der Waals surface area contributed by atoms with Crippen LogP contribution in [0.25, 0.3) is 6.08 Å². The second kappa shape index (κ2) is 8.30. The number of hydrogen-bond acceptors (Lipinski definition) is 3. The van der Waals surface area contributed by atoms with Crippen molar-refractivity contribution in [3.63, 3.8) is 0 Å². The first-order chi connectivity index (χ1) is 11.6. The minimum atomic E-state index is -0.424. The minimum Gasteiger partial charge on any atom is -0.347 e. The van der Waals surface area contributed by atoms with E-state index in [-0.39, 0.29) is 11.5 Å². The molecule has 0 atom stereocenters. The van der Waals surface area contributed by atoms with Crippen LogP contribution in [-0.4, -0.2) is 11.8 Å². The van der Waals surface area contributed by atoms with Crippen molar-refractivity contribution in [2.45, 2.75) is 13.5 Å². The highest BCUT2D eigenvalue weighted by Crippen LogP contribution is 2.12. The van der Waals surface area contributed by atoms with Crippen molar-refractivity contribution in [2.75, 3.05) is 5.32 Å². The van der Waals surface area contributed by atoms with Gasteiger partial charge in [-0.25, -0.2) is 0 Å². The van der Waals surface area contributed by atoms with Crippen molar-refractivity contribution in [3.05, 3.63) is 71.3 Å². The van der Waals surface area contributed by atoms with Gasteiger partial charge in [0.2, 0.25) is 5.91 Å². The molecule has 2 N–H and O–H groups in total. The van der Waals surface area contributed by atoms with Crippen LogP contribution in [0.3, 0.4) is 0 Å². The molecule has 0 aromatic heterocycles.